The molecule has 0 aliphatic heterocycles. The van der Waals surface area contributed by atoms with Gasteiger partial charge in [0.05, 0.1) is 18.1 Å². The van der Waals surface area contributed by atoms with E-state index < -0.39 is 0 Å². The molecule has 3 nitrogen and oxygen atoms in total. The lowest BCUT2D eigenvalue weighted by Crippen LogP contribution is -1.98. The molecular weight excluding hydrogens is 264 g/mol. The molecule has 0 saturated heterocycles. The van der Waals surface area contributed by atoms with Gasteiger partial charge in [-0.2, -0.15) is 0 Å². The summed E-state index contributed by atoms with van der Waals surface area (Å²) >= 11 is 0. The van der Waals surface area contributed by atoms with Crippen molar-refractivity contribution in [2.45, 2.75) is 6.61 Å². The molecule has 0 unspecified atom stereocenters. The lowest BCUT2D eigenvalue weighted by molar-refractivity contribution is 0.111. The van der Waals surface area contributed by atoms with Crippen molar-refractivity contribution in [1.29, 1.82) is 0 Å². The van der Waals surface area contributed by atoms with E-state index in [2.05, 4.69) is 0 Å². The molecule has 0 spiro atoms. The van der Waals surface area contributed by atoms with Crippen LogP contribution in [0, 0.1) is 0 Å². The number of rotatable bonds is 5. The summed E-state index contributed by atoms with van der Waals surface area (Å²) in [6.45, 7) is 0.437. The van der Waals surface area contributed by atoms with Gasteiger partial charge in [-0.25, -0.2) is 0 Å². The summed E-state index contributed by atoms with van der Waals surface area (Å²) in [5.41, 5.74) is 3.46. The van der Waals surface area contributed by atoms with Gasteiger partial charge >= 0.3 is 0 Å². The first-order valence-corrected chi connectivity index (χ1v) is 6.65. The molecule has 0 radical (unpaired) electrons. The van der Waals surface area contributed by atoms with Crippen LogP contribution in [0.3, 0.4) is 0 Å². The first-order chi connectivity index (χ1) is 10.4. The summed E-state index contributed by atoms with van der Waals surface area (Å²) in [7, 11) is 0. The van der Waals surface area contributed by atoms with Gasteiger partial charge in [-0.05, 0) is 29.3 Å². The Hall–Kier alpha value is -2.81. The van der Waals surface area contributed by atoms with Crippen LogP contribution in [-0.2, 0) is 6.61 Å². The molecule has 1 heterocycles. The highest BCUT2D eigenvalue weighted by atomic mass is 16.5. The molecular formula is C18H14O3. The van der Waals surface area contributed by atoms with Crippen LogP contribution in [0.1, 0.15) is 15.9 Å². The second-order valence-corrected chi connectivity index (χ2v) is 4.66. The second-order valence-electron chi connectivity index (χ2n) is 4.66. The van der Waals surface area contributed by atoms with Crippen LogP contribution in [0.5, 0.6) is 5.75 Å². The third kappa shape index (κ3) is 3.03. The number of aldehydes is 1. The van der Waals surface area contributed by atoms with Crippen molar-refractivity contribution >= 4 is 6.29 Å². The Balaban J connectivity index is 1.81. The van der Waals surface area contributed by atoms with Crippen LogP contribution < -0.4 is 4.74 Å². The van der Waals surface area contributed by atoms with E-state index in [0.717, 1.165) is 23.0 Å². The predicted molar refractivity (Wildman–Crippen MR) is 80.3 cm³/mol. The van der Waals surface area contributed by atoms with Gasteiger partial charge in [0.2, 0.25) is 0 Å². The van der Waals surface area contributed by atoms with Crippen LogP contribution in [-0.4, -0.2) is 6.29 Å². The van der Waals surface area contributed by atoms with Crippen molar-refractivity contribution in [2.24, 2.45) is 0 Å². The van der Waals surface area contributed by atoms with Gasteiger partial charge in [-0.15, -0.1) is 0 Å². The van der Waals surface area contributed by atoms with E-state index in [4.69, 9.17) is 9.15 Å². The Morgan fingerprint density at radius 2 is 1.86 bits per heavy atom. The minimum absolute atomic E-state index is 0.437. The van der Waals surface area contributed by atoms with Gasteiger partial charge in [0.1, 0.15) is 12.4 Å². The van der Waals surface area contributed by atoms with E-state index in [9.17, 15) is 4.79 Å². The normalized spacial score (nSPS) is 10.3. The lowest BCUT2D eigenvalue weighted by atomic mass is 10.1. The molecule has 0 amide bonds. The predicted octanol–water partition coefficient (Wildman–Crippen LogP) is 4.34. The lowest BCUT2D eigenvalue weighted by Gasteiger charge is -2.09. The number of furan rings is 1. The van der Waals surface area contributed by atoms with E-state index >= 15 is 0 Å². The Morgan fingerprint density at radius 1 is 1.00 bits per heavy atom. The third-order valence-corrected chi connectivity index (χ3v) is 3.23. The smallest absolute Gasteiger partial charge is 0.153 e. The molecule has 0 bridgehead atoms. The van der Waals surface area contributed by atoms with Crippen LogP contribution in [0.15, 0.2) is 71.5 Å². The fourth-order valence-corrected chi connectivity index (χ4v) is 2.12. The molecule has 0 aliphatic carbocycles. The zero-order valence-corrected chi connectivity index (χ0v) is 11.4. The Bertz CT molecular complexity index is 715. The van der Waals surface area contributed by atoms with Gasteiger partial charge in [-0.3, -0.25) is 4.79 Å². The van der Waals surface area contributed by atoms with E-state index in [1.165, 1.54) is 0 Å². The summed E-state index contributed by atoms with van der Waals surface area (Å²) in [5, 5.41) is 0. The van der Waals surface area contributed by atoms with E-state index in [0.29, 0.717) is 17.9 Å². The van der Waals surface area contributed by atoms with Crippen LogP contribution in [0.4, 0.5) is 0 Å². The van der Waals surface area contributed by atoms with Crippen molar-refractivity contribution in [3.8, 4) is 16.9 Å². The van der Waals surface area contributed by atoms with Crippen LogP contribution >= 0.6 is 0 Å². The molecule has 1 aromatic heterocycles. The van der Waals surface area contributed by atoms with Gasteiger partial charge in [0.15, 0.2) is 6.29 Å². The first kappa shape index (κ1) is 13.2. The number of ether oxygens (including phenoxy) is 1. The van der Waals surface area contributed by atoms with Crippen molar-refractivity contribution < 1.29 is 13.9 Å². The van der Waals surface area contributed by atoms with Crippen molar-refractivity contribution in [3.63, 3.8) is 0 Å². The van der Waals surface area contributed by atoms with Gasteiger partial charge in [0, 0.05) is 5.56 Å². The summed E-state index contributed by atoms with van der Waals surface area (Å²) < 4.78 is 10.8. The fraction of sp³-hybridized carbons (Fsp3) is 0.0556. The number of hydrogen-bond acceptors (Lipinski definition) is 3. The molecule has 3 aromatic rings. The van der Waals surface area contributed by atoms with Gasteiger partial charge < -0.3 is 9.15 Å². The highest BCUT2D eigenvalue weighted by molar-refractivity contribution is 5.82. The van der Waals surface area contributed by atoms with Crippen LogP contribution in [0.2, 0.25) is 0 Å². The molecule has 0 N–H and O–H groups in total. The Kier molecular flexibility index (Phi) is 3.83. The minimum atomic E-state index is 0.437. The standard InChI is InChI=1S/C18H14O3/c19-11-17-10-15(16-8-9-20-13-16)6-7-18(17)21-12-14-4-2-1-3-5-14/h1-11,13H,12H2. The number of carbonyl (C=O) groups is 1. The highest BCUT2D eigenvalue weighted by Crippen LogP contribution is 2.26. The summed E-state index contributed by atoms with van der Waals surface area (Å²) in [6, 6.07) is 17.2. The molecule has 0 aliphatic rings. The summed E-state index contributed by atoms with van der Waals surface area (Å²) in [4.78, 5) is 11.3. The van der Waals surface area contributed by atoms with Crippen molar-refractivity contribution in [2.75, 3.05) is 0 Å². The quantitative estimate of drug-likeness (QED) is 0.652. The SMILES string of the molecule is O=Cc1cc(-c2ccoc2)ccc1OCc1ccccc1. The summed E-state index contributed by atoms with van der Waals surface area (Å²) in [6.07, 6.45) is 4.06. The van der Waals surface area contributed by atoms with Gasteiger partial charge in [0.25, 0.3) is 0 Å². The monoisotopic (exact) mass is 278 g/mol. The summed E-state index contributed by atoms with van der Waals surface area (Å²) in [5.74, 6) is 0.584. The average Bonchev–Trinajstić information content (AvgIpc) is 3.08. The molecule has 2 aromatic carbocycles. The number of benzene rings is 2. The average molecular weight is 278 g/mol. The fourth-order valence-electron chi connectivity index (χ4n) is 2.12. The van der Waals surface area contributed by atoms with E-state index in [1.54, 1.807) is 18.6 Å². The number of hydrogen-bond donors (Lipinski definition) is 0. The second kappa shape index (κ2) is 6.09. The zero-order valence-electron chi connectivity index (χ0n) is 11.4. The number of carbonyl (C=O) groups excluding carboxylic acids is 1. The molecule has 104 valence electrons. The minimum Gasteiger partial charge on any atom is -0.488 e. The van der Waals surface area contributed by atoms with E-state index in [1.807, 2.05) is 48.5 Å². The maximum Gasteiger partial charge on any atom is 0.153 e. The maximum atomic E-state index is 11.3. The zero-order chi connectivity index (χ0) is 14.5. The Labute approximate surface area is 122 Å². The van der Waals surface area contributed by atoms with Crippen molar-refractivity contribution in [1.82, 2.24) is 0 Å². The molecule has 0 atom stereocenters. The first-order valence-electron chi connectivity index (χ1n) is 6.65. The molecule has 0 fully saturated rings. The maximum absolute atomic E-state index is 11.3. The molecule has 0 saturated carbocycles. The molecule has 3 heteroatoms. The topological polar surface area (TPSA) is 39.4 Å². The molecule has 21 heavy (non-hydrogen) atoms. The van der Waals surface area contributed by atoms with E-state index in [-0.39, 0.29) is 0 Å². The third-order valence-electron chi connectivity index (χ3n) is 3.23. The molecule has 3 rings (SSSR count). The largest absolute Gasteiger partial charge is 0.488 e. The Morgan fingerprint density at radius 3 is 2.57 bits per heavy atom. The van der Waals surface area contributed by atoms with Gasteiger partial charge in [-0.1, -0.05) is 36.4 Å². The van der Waals surface area contributed by atoms with Crippen molar-refractivity contribution in [3.05, 3.63) is 78.3 Å². The van der Waals surface area contributed by atoms with Crippen LogP contribution in [0.25, 0.3) is 11.1 Å². The highest BCUT2D eigenvalue weighted by Gasteiger charge is 2.07.